The number of nitrogens with one attached hydrogen (secondary N) is 3. The molecule has 0 saturated heterocycles. The minimum atomic E-state index is -1.35. The molecule has 3 amide bonds. The fraction of sp³-hybridized carbons (Fsp3) is 0.500. The topological polar surface area (TPSA) is 152 Å². The van der Waals surface area contributed by atoms with Crippen molar-refractivity contribution < 1.29 is 38.5 Å². The van der Waals surface area contributed by atoms with E-state index in [2.05, 4.69) is 16.0 Å². The van der Waals surface area contributed by atoms with Gasteiger partial charge in [-0.1, -0.05) is 56.3 Å². The van der Waals surface area contributed by atoms with Crippen molar-refractivity contribution in [2.24, 2.45) is 5.92 Å². The first-order chi connectivity index (χ1) is 20.2. The van der Waals surface area contributed by atoms with Crippen LogP contribution >= 0.6 is 0 Å². The van der Waals surface area contributed by atoms with Crippen molar-refractivity contribution in [1.29, 1.82) is 0 Å². The monoisotopic (exact) mass is 599 g/mol. The number of hydrogen-bond acceptors (Lipinski definition) is 8. The van der Waals surface area contributed by atoms with Crippen molar-refractivity contribution in [1.82, 2.24) is 16.0 Å². The van der Waals surface area contributed by atoms with E-state index in [4.69, 9.17) is 14.2 Å². The highest BCUT2D eigenvalue weighted by atomic mass is 16.6. The fourth-order valence-electron chi connectivity index (χ4n) is 4.09. The molecule has 11 nitrogen and oxygen atoms in total. The third kappa shape index (κ3) is 12.7. The summed E-state index contributed by atoms with van der Waals surface area (Å²) in [4.78, 5) is 51.5. The average Bonchev–Trinajstić information content (AvgIpc) is 2.93. The third-order valence-corrected chi connectivity index (χ3v) is 6.19. The summed E-state index contributed by atoms with van der Waals surface area (Å²) in [5, 5.41) is 17.9. The van der Waals surface area contributed by atoms with Crippen molar-refractivity contribution in [2.45, 2.75) is 90.8 Å². The second kappa shape index (κ2) is 16.5. The maximum atomic E-state index is 13.4. The first-order valence-corrected chi connectivity index (χ1v) is 14.3. The zero-order valence-corrected chi connectivity index (χ0v) is 26.0. The highest BCUT2D eigenvalue weighted by Gasteiger charge is 2.33. The van der Waals surface area contributed by atoms with E-state index < -0.39 is 53.7 Å². The summed E-state index contributed by atoms with van der Waals surface area (Å²) in [6, 6.07) is 13.2. The zero-order chi connectivity index (χ0) is 32.2. The van der Waals surface area contributed by atoms with Gasteiger partial charge in [0.25, 0.3) is 0 Å². The number of benzene rings is 2. The lowest BCUT2D eigenvalue weighted by Crippen LogP contribution is -2.58. The van der Waals surface area contributed by atoms with Crippen molar-refractivity contribution in [3.63, 3.8) is 0 Å². The summed E-state index contributed by atoms with van der Waals surface area (Å²) in [5.74, 6) is -1.50. The van der Waals surface area contributed by atoms with E-state index >= 15 is 0 Å². The van der Waals surface area contributed by atoms with Gasteiger partial charge in [-0.15, -0.1) is 0 Å². The molecule has 0 fully saturated rings. The molecule has 2 rings (SSSR count). The first kappa shape index (κ1) is 35.1. The normalized spacial score (nSPS) is 14.1. The van der Waals surface area contributed by atoms with Crippen LogP contribution in [-0.2, 0) is 36.9 Å². The maximum absolute atomic E-state index is 13.4. The number of carbonyl (C=O) groups excluding carboxylic acids is 4. The van der Waals surface area contributed by atoms with Crippen LogP contribution in [-0.4, -0.2) is 65.9 Å². The highest BCUT2D eigenvalue weighted by molar-refractivity contribution is 5.93. The number of aliphatic hydroxyl groups excluding tert-OH is 1. The summed E-state index contributed by atoms with van der Waals surface area (Å²) < 4.78 is 15.9. The van der Waals surface area contributed by atoms with Crippen LogP contribution in [0.25, 0.3) is 0 Å². The molecule has 4 unspecified atom stereocenters. The summed E-state index contributed by atoms with van der Waals surface area (Å²) in [7, 11) is 1.14. The molecule has 0 aliphatic heterocycles. The molecule has 0 aliphatic rings. The maximum Gasteiger partial charge on any atom is 0.408 e. The van der Waals surface area contributed by atoms with E-state index in [9.17, 15) is 24.3 Å². The Bertz CT molecular complexity index is 1190. The molecule has 0 aromatic heterocycles. The molecular weight excluding hydrogens is 554 g/mol. The van der Waals surface area contributed by atoms with Crippen LogP contribution in [0, 0.1) is 5.92 Å². The number of carbonyl (C=O) groups is 4. The molecule has 43 heavy (non-hydrogen) atoms. The standard InChI is InChI=1S/C32H45N3O8/c1-20(2)17-25(34-31(40)43-32(4,5)6)28(37)33-26(29(38)35-27(21(3)36)30(39)41-7)18-22-13-15-24(16-14-22)42-19-23-11-9-8-10-12-23/h8-16,20-21,25-27,36H,17-19H2,1-7H3,(H,33,37)(H,34,40)(H,35,38). The Morgan fingerprint density at radius 1 is 0.814 bits per heavy atom. The molecule has 236 valence electrons. The molecule has 0 radical (unpaired) electrons. The predicted molar refractivity (Wildman–Crippen MR) is 161 cm³/mol. The number of hydrogen-bond donors (Lipinski definition) is 4. The molecule has 4 N–H and O–H groups in total. The van der Waals surface area contributed by atoms with Crippen LogP contribution in [0.1, 0.15) is 59.1 Å². The second-order valence-corrected chi connectivity index (χ2v) is 11.8. The van der Waals surface area contributed by atoms with Gasteiger partial charge in [0.15, 0.2) is 6.04 Å². The lowest BCUT2D eigenvalue weighted by atomic mass is 10.0. The summed E-state index contributed by atoms with van der Waals surface area (Å²) >= 11 is 0. The van der Waals surface area contributed by atoms with Crippen LogP contribution in [0.15, 0.2) is 54.6 Å². The van der Waals surface area contributed by atoms with E-state index in [1.807, 2.05) is 44.2 Å². The molecule has 0 heterocycles. The summed E-state index contributed by atoms with van der Waals surface area (Å²) in [6.45, 7) is 10.6. The van der Waals surface area contributed by atoms with Gasteiger partial charge in [-0.3, -0.25) is 9.59 Å². The van der Waals surface area contributed by atoms with Gasteiger partial charge in [0, 0.05) is 6.42 Å². The van der Waals surface area contributed by atoms with Crippen LogP contribution < -0.4 is 20.7 Å². The lowest BCUT2D eigenvalue weighted by molar-refractivity contribution is -0.148. The lowest BCUT2D eigenvalue weighted by Gasteiger charge is -2.27. The van der Waals surface area contributed by atoms with Gasteiger partial charge < -0.3 is 35.3 Å². The van der Waals surface area contributed by atoms with Crippen molar-refractivity contribution >= 4 is 23.9 Å². The molecule has 0 saturated carbocycles. The first-order valence-electron chi connectivity index (χ1n) is 14.3. The fourth-order valence-corrected chi connectivity index (χ4v) is 4.09. The Labute approximate surface area is 253 Å². The number of aliphatic hydroxyl groups is 1. The van der Waals surface area contributed by atoms with Crippen molar-refractivity contribution in [3.8, 4) is 5.75 Å². The zero-order valence-electron chi connectivity index (χ0n) is 26.0. The third-order valence-electron chi connectivity index (χ3n) is 6.19. The molecule has 0 bridgehead atoms. The Kier molecular flexibility index (Phi) is 13.5. The van der Waals surface area contributed by atoms with Crippen molar-refractivity contribution in [3.05, 3.63) is 65.7 Å². The minimum Gasteiger partial charge on any atom is -0.489 e. The minimum absolute atomic E-state index is 0.0281. The van der Waals surface area contributed by atoms with E-state index in [-0.39, 0.29) is 18.8 Å². The van der Waals surface area contributed by atoms with Crippen LogP contribution in [0.4, 0.5) is 4.79 Å². The number of amides is 3. The van der Waals surface area contributed by atoms with Crippen LogP contribution in [0.5, 0.6) is 5.75 Å². The largest absolute Gasteiger partial charge is 0.489 e. The predicted octanol–water partition coefficient (Wildman–Crippen LogP) is 3.27. The van der Waals surface area contributed by atoms with Gasteiger partial charge in [-0.25, -0.2) is 9.59 Å². The average molecular weight is 600 g/mol. The smallest absolute Gasteiger partial charge is 0.408 e. The molecule has 0 spiro atoms. The van der Waals surface area contributed by atoms with Gasteiger partial charge >= 0.3 is 12.1 Å². The van der Waals surface area contributed by atoms with Crippen LogP contribution in [0.3, 0.4) is 0 Å². The molecule has 0 aliphatic carbocycles. The second-order valence-electron chi connectivity index (χ2n) is 11.8. The number of alkyl carbamates (subject to hydrolysis) is 1. The highest BCUT2D eigenvalue weighted by Crippen LogP contribution is 2.16. The Hall–Kier alpha value is -4.12. The SMILES string of the molecule is COC(=O)C(NC(=O)C(Cc1ccc(OCc2ccccc2)cc1)NC(=O)C(CC(C)C)NC(=O)OC(C)(C)C)C(C)O. The molecule has 11 heteroatoms. The summed E-state index contributed by atoms with van der Waals surface area (Å²) in [6.07, 6.45) is -1.69. The number of ether oxygens (including phenoxy) is 3. The summed E-state index contributed by atoms with van der Waals surface area (Å²) in [5.41, 5.74) is 0.937. The number of rotatable bonds is 14. The van der Waals surface area contributed by atoms with Gasteiger partial charge in [0.05, 0.1) is 13.2 Å². The van der Waals surface area contributed by atoms with E-state index in [1.165, 1.54) is 6.92 Å². The van der Waals surface area contributed by atoms with Gasteiger partial charge in [-0.05, 0) is 63.3 Å². The number of methoxy groups -OCH3 is 1. The molecule has 2 aromatic rings. The quantitative estimate of drug-likeness (QED) is 0.242. The Morgan fingerprint density at radius 2 is 1.42 bits per heavy atom. The van der Waals surface area contributed by atoms with E-state index in [0.717, 1.165) is 12.7 Å². The van der Waals surface area contributed by atoms with Crippen LogP contribution in [0.2, 0.25) is 0 Å². The Balaban J connectivity index is 2.25. The molecule has 4 atom stereocenters. The molecular formula is C32H45N3O8. The van der Waals surface area contributed by atoms with Gasteiger partial charge in [-0.2, -0.15) is 0 Å². The molecule has 2 aromatic carbocycles. The van der Waals surface area contributed by atoms with Gasteiger partial charge in [0.1, 0.15) is 30.0 Å². The number of esters is 1. The Morgan fingerprint density at radius 3 is 1.95 bits per heavy atom. The van der Waals surface area contributed by atoms with E-state index in [0.29, 0.717) is 17.9 Å². The van der Waals surface area contributed by atoms with E-state index in [1.54, 1.807) is 45.0 Å². The van der Waals surface area contributed by atoms with Crippen molar-refractivity contribution in [2.75, 3.05) is 7.11 Å². The van der Waals surface area contributed by atoms with Gasteiger partial charge in [0.2, 0.25) is 11.8 Å².